The SMILES string of the molecule is CSC(C)CN=C(N)N(C)C1CC1.I. The Labute approximate surface area is 108 Å². The average molecular weight is 329 g/mol. The summed E-state index contributed by atoms with van der Waals surface area (Å²) in [5.74, 6) is 0.698. The average Bonchev–Trinajstić information content (AvgIpc) is 2.95. The molecule has 2 N–H and O–H groups in total. The maximum absolute atomic E-state index is 5.83. The Balaban J connectivity index is 0.00000169. The second-order valence-corrected chi connectivity index (χ2v) is 4.86. The topological polar surface area (TPSA) is 41.6 Å². The lowest BCUT2D eigenvalue weighted by atomic mass is 10.5. The molecular formula is C9H20IN3S. The first-order valence-electron chi connectivity index (χ1n) is 4.70. The molecule has 0 aliphatic heterocycles. The summed E-state index contributed by atoms with van der Waals surface area (Å²) in [4.78, 5) is 6.45. The van der Waals surface area contributed by atoms with Gasteiger partial charge in [0.2, 0.25) is 0 Å². The Bertz CT molecular complexity index is 194. The molecule has 0 aromatic carbocycles. The van der Waals surface area contributed by atoms with Gasteiger partial charge in [0, 0.05) is 18.3 Å². The quantitative estimate of drug-likeness (QED) is 0.486. The maximum Gasteiger partial charge on any atom is 0.191 e. The van der Waals surface area contributed by atoms with Gasteiger partial charge < -0.3 is 10.6 Å². The van der Waals surface area contributed by atoms with E-state index in [2.05, 4.69) is 23.1 Å². The Hall–Kier alpha value is 0.350. The molecule has 84 valence electrons. The van der Waals surface area contributed by atoms with Crippen molar-refractivity contribution in [2.45, 2.75) is 31.1 Å². The number of nitrogens with two attached hydrogens (primary N) is 1. The van der Waals surface area contributed by atoms with Crippen molar-refractivity contribution in [3.8, 4) is 0 Å². The number of guanidine groups is 1. The molecule has 5 heteroatoms. The summed E-state index contributed by atoms with van der Waals surface area (Å²) in [6, 6.07) is 0.660. The fourth-order valence-electron chi connectivity index (χ4n) is 1.06. The van der Waals surface area contributed by atoms with Gasteiger partial charge in [-0.2, -0.15) is 11.8 Å². The van der Waals surface area contributed by atoms with E-state index >= 15 is 0 Å². The highest BCUT2D eigenvalue weighted by Gasteiger charge is 2.27. The van der Waals surface area contributed by atoms with Crippen LogP contribution in [0.4, 0.5) is 0 Å². The van der Waals surface area contributed by atoms with E-state index in [-0.39, 0.29) is 24.0 Å². The van der Waals surface area contributed by atoms with Crippen LogP contribution in [0.2, 0.25) is 0 Å². The van der Waals surface area contributed by atoms with Gasteiger partial charge in [0.05, 0.1) is 6.54 Å². The largest absolute Gasteiger partial charge is 0.370 e. The molecule has 0 radical (unpaired) electrons. The molecule has 1 unspecified atom stereocenters. The zero-order valence-corrected chi connectivity index (χ0v) is 12.2. The minimum atomic E-state index is 0. The van der Waals surface area contributed by atoms with Gasteiger partial charge in [0.15, 0.2) is 5.96 Å². The van der Waals surface area contributed by atoms with E-state index in [0.29, 0.717) is 17.3 Å². The van der Waals surface area contributed by atoms with Crippen LogP contribution in [0.25, 0.3) is 0 Å². The third-order valence-corrected chi connectivity index (χ3v) is 3.32. The second kappa shape index (κ2) is 6.76. The van der Waals surface area contributed by atoms with Crippen LogP contribution in [0.1, 0.15) is 19.8 Å². The number of nitrogens with zero attached hydrogens (tertiary/aromatic N) is 2. The van der Waals surface area contributed by atoms with E-state index < -0.39 is 0 Å². The highest BCUT2D eigenvalue weighted by Crippen LogP contribution is 2.24. The normalized spacial score (nSPS) is 18.6. The zero-order chi connectivity index (χ0) is 9.84. The van der Waals surface area contributed by atoms with E-state index in [1.165, 1.54) is 12.8 Å². The van der Waals surface area contributed by atoms with Gasteiger partial charge in [-0.3, -0.25) is 4.99 Å². The minimum absolute atomic E-state index is 0. The molecule has 1 atom stereocenters. The third kappa shape index (κ3) is 4.72. The van der Waals surface area contributed by atoms with Crippen molar-refractivity contribution in [1.29, 1.82) is 0 Å². The van der Waals surface area contributed by atoms with Crippen LogP contribution < -0.4 is 5.73 Å². The number of rotatable bonds is 4. The summed E-state index contributed by atoms with van der Waals surface area (Å²) < 4.78 is 0. The Morgan fingerprint density at radius 3 is 2.64 bits per heavy atom. The summed E-state index contributed by atoms with van der Waals surface area (Å²) in [5, 5.41) is 0.561. The van der Waals surface area contributed by atoms with Crippen molar-refractivity contribution in [2.24, 2.45) is 10.7 Å². The molecule has 0 amide bonds. The van der Waals surface area contributed by atoms with Crippen molar-refractivity contribution in [1.82, 2.24) is 4.90 Å². The Kier molecular flexibility index (Phi) is 6.93. The molecule has 1 aliphatic carbocycles. The number of aliphatic imine (C=N–C) groups is 1. The van der Waals surface area contributed by atoms with E-state index in [0.717, 1.165) is 6.54 Å². The summed E-state index contributed by atoms with van der Waals surface area (Å²) >= 11 is 1.82. The van der Waals surface area contributed by atoms with Gasteiger partial charge in [0.1, 0.15) is 0 Å². The van der Waals surface area contributed by atoms with Crippen molar-refractivity contribution >= 4 is 41.7 Å². The molecule has 0 heterocycles. The van der Waals surface area contributed by atoms with E-state index in [9.17, 15) is 0 Å². The van der Waals surface area contributed by atoms with Crippen molar-refractivity contribution < 1.29 is 0 Å². The highest BCUT2D eigenvalue weighted by molar-refractivity contribution is 14.0. The van der Waals surface area contributed by atoms with Gasteiger partial charge in [-0.25, -0.2) is 0 Å². The lowest BCUT2D eigenvalue weighted by Crippen LogP contribution is -2.36. The molecular weight excluding hydrogens is 309 g/mol. The standard InChI is InChI=1S/C9H19N3S.HI/c1-7(13-3)6-11-9(10)12(2)8-4-5-8;/h7-8H,4-6H2,1-3H3,(H2,10,11);1H. The molecule has 1 aliphatic rings. The van der Waals surface area contributed by atoms with Crippen molar-refractivity contribution in [2.75, 3.05) is 19.8 Å². The lowest BCUT2D eigenvalue weighted by molar-refractivity contribution is 0.487. The number of hydrogen-bond donors (Lipinski definition) is 1. The summed E-state index contributed by atoms with van der Waals surface area (Å²) in [5.41, 5.74) is 5.83. The van der Waals surface area contributed by atoms with Gasteiger partial charge in [0.25, 0.3) is 0 Å². The van der Waals surface area contributed by atoms with Gasteiger partial charge in [-0.15, -0.1) is 24.0 Å². The van der Waals surface area contributed by atoms with Crippen LogP contribution in [-0.4, -0.2) is 42.0 Å². The predicted molar refractivity (Wildman–Crippen MR) is 75.7 cm³/mol. The van der Waals surface area contributed by atoms with E-state index in [1.807, 2.05) is 18.8 Å². The number of thioether (sulfide) groups is 1. The monoisotopic (exact) mass is 329 g/mol. The first-order valence-corrected chi connectivity index (χ1v) is 5.99. The van der Waals surface area contributed by atoms with Crippen LogP contribution in [-0.2, 0) is 0 Å². The van der Waals surface area contributed by atoms with Gasteiger partial charge >= 0.3 is 0 Å². The van der Waals surface area contributed by atoms with Crippen LogP contribution in [0.15, 0.2) is 4.99 Å². The molecule has 14 heavy (non-hydrogen) atoms. The predicted octanol–water partition coefficient (Wildman–Crippen LogP) is 1.76. The molecule has 0 aromatic heterocycles. The third-order valence-electron chi connectivity index (χ3n) is 2.37. The highest BCUT2D eigenvalue weighted by atomic mass is 127. The first-order chi connectivity index (χ1) is 6.15. The van der Waals surface area contributed by atoms with Crippen molar-refractivity contribution in [3.05, 3.63) is 0 Å². The molecule has 1 rings (SSSR count). The summed E-state index contributed by atoms with van der Waals surface area (Å²) in [6.45, 7) is 2.99. The molecule has 0 spiro atoms. The fraction of sp³-hybridized carbons (Fsp3) is 0.889. The van der Waals surface area contributed by atoms with E-state index in [1.54, 1.807) is 0 Å². The zero-order valence-electron chi connectivity index (χ0n) is 9.06. The number of halogens is 1. The van der Waals surface area contributed by atoms with Gasteiger partial charge in [-0.1, -0.05) is 6.92 Å². The fourth-order valence-corrected chi connectivity index (χ4v) is 1.28. The van der Waals surface area contributed by atoms with E-state index in [4.69, 9.17) is 5.73 Å². The van der Waals surface area contributed by atoms with Crippen LogP contribution in [0, 0.1) is 0 Å². The maximum atomic E-state index is 5.83. The molecule has 0 saturated heterocycles. The van der Waals surface area contributed by atoms with Crippen LogP contribution in [0.5, 0.6) is 0 Å². The lowest BCUT2D eigenvalue weighted by Gasteiger charge is -2.17. The van der Waals surface area contributed by atoms with Crippen molar-refractivity contribution in [3.63, 3.8) is 0 Å². The minimum Gasteiger partial charge on any atom is -0.370 e. The van der Waals surface area contributed by atoms with Crippen LogP contribution in [0.3, 0.4) is 0 Å². The molecule has 0 aromatic rings. The van der Waals surface area contributed by atoms with Crippen LogP contribution >= 0.6 is 35.7 Å². The molecule has 3 nitrogen and oxygen atoms in total. The first kappa shape index (κ1) is 14.3. The summed E-state index contributed by atoms with van der Waals surface area (Å²) in [6.07, 6.45) is 4.64. The molecule has 1 saturated carbocycles. The molecule has 1 fully saturated rings. The Morgan fingerprint density at radius 1 is 1.64 bits per heavy atom. The smallest absolute Gasteiger partial charge is 0.191 e. The summed E-state index contributed by atoms with van der Waals surface area (Å²) in [7, 11) is 2.03. The Morgan fingerprint density at radius 2 is 2.21 bits per heavy atom. The number of hydrogen-bond acceptors (Lipinski definition) is 2. The molecule has 0 bridgehead atoms. The second-order valence-electron chi connectivity index (χ2n) is 3.59. The van der Waals surface area contributed by atoms with Gasteiger partial charge in [-0.05, 0) is 19.1 Å².